The lowest BCUT2D eigenvalue weighted by Gasteiger charge is -2.12. The second kappa shape index (κ2) is 14.0. The Kier molecular flexibility index (Phi) is 8.93. The van der Waals surface area contributed by atoms with Crippen LogP contribution >= 0.6 is 45.9 Å². The van der Waals surface area contributed by atoms with E-state index in [0.29, 0.717) is 54.1 Å². The molecule has 2 amide bonds. The van der Waals surface area contributed by atoms with Crippen LogP contribution in [-0.2, 0) is 0 Å². The van der Waals surface area contributed by atoms with Gasteiger partial charge in [0, 0.05) is 22.1 Å². The molecular formula is C40H24Cl2N4O3S2. The number of nitrogens with zero attached hydrogens (tertiary/aromatic N) is 2. The van der Waals surface area contributed by atoms with Gasteiger partial charge in [-0.1, -0.05) is 59.6 Å². The van der Waals surface area contributed by atoms with Gasteiger partial charge in [0.1, 0.15) is 11.5 Å². The van der Waals surface area contributed by atoms with Crippen molar-refractivity contribution < 1.29 is 14.3 Å². The van der Waals surface area contributed by atoms with Crippen molar-refractivity contribution in [2.45, 2.75) is 0 Å². The van der Waals surface area contributed by atoms with Gasteiger partial charge in [-0.3, -0.25) is 9.59 Å². The predicted molar refractivity (Wildman–Crippen MR) is 209 cm³/mol. The zero-order chi connectivity index (χ0) is 34.9. The van der Waals surface area contributed by atoms with Crippen LogP contribution in [0, 0.1) is 0 Å². The summed E-state index contributed by atoms with van der Waals surface area (Å²) in [6.07, 6.45) is 0. The summed E-state index contributed by atoms with van der Waals surface area (Å²) in [6.45, 7) is 0. The summed E-state index contributed by atoms with van der Waals surface area (Å²) in [4.78, 5) is 38.3. The highest BCUT2D eigenvalue weighted by Crippen LogP contribution is 2.34. The number of thiophene rings is 2. The molecular weight excluding hydrogens is 720 g/mol. The number of hydrogen-bond acceptors (Lipinski definition) is 7. The predicted octanol–water partition coefficient (Wildman–Crippen LogP) is 11.8. The minimum Gasteiger partial charge on any atom is -0.457 e. The van der Waals surface area contributed by atoms with Crippen molar-refractivity contribution in [2.24, 2.45) is 0 Å². The summed E-state index contributed by atoms with van der Waals surface area (Å²) in [5.74, 6) is 0.660. The minimum atomic E-state index is -0.254. The van der Waals surface area contributed by atoms with E-state index >= 15 is 0 Å². The first kappa shape index (κ1) is 32.6. The number of anilines is 2. The Morgan fingerprint density at radius 1 is 0.529 bits per heavy atom. The molecule has 0 unspecified atom stereocenters. The molecule has 7 nitrogen and oxygen atoms in total. The smallest absolute Gasteiger partial charge is 0.256 e. The number of nitrogens with one attached hydrogen (secondary N) is 2. The monoisotopic (exact) mass is 742 g/mol. The third-order valence-corrected chi connectivity index (χ3v) is 10.5. The van der Waals surface area contributed by atoms with E-state index in [0.717, 1.165) is 31.6 Å². The number of rotatable bonds is 8. The zero-order valence-electron chi connectivity index (χ0n) is 26.4. The fraction of sp³-hybridized carbons (Fsp3) is 0. The van der Waals surface area contributed by atoms with E-state index in [2.05, 4.69) is 10.6 Å². The minimum absolute atomic E-state index is 0.254. The number of hydrogen-bond donors (Lipinski definition) is 2. The quantitative estimate of drug-likeness (QED) is 0.162. The number of pyridine rings is 2. The van der Waals surface area contributed by atoms with Crippen molar-refractivity contribution in [3.05, 3.63) is 153 Å². The molecule has 0 saturated carbocycles. The molecule has 2 N–H and O–H groups in total. The van der Waals surface area contributed by atoms with Gasteiger partial charge < -0.3 is 15.4 Å². The molecule has 0 saturated heterocycles. The summed E-state index contributed by atoms with van der Waals surface area (Å²) < 4.78 is 7.36. The van der Waals surface area contributed by atoms with Crippen molar-refractivity contribution in [1.82, 2.24) is 9.97 Å². The van der Waals surface area contributed by atoms with E-state index in [1.807, 2.05) is 72.8 Å². The first-order valence-electron chi connectivity index (χ1n) is 15.7. The Balaban J connectivity index is 0.946. The average Bonchev–Trinajstić information content (AvgIpc) is 3.80. The summed E-state index contributed by atoms with van der Waals surface area (Å²) in [7, 11) is 0. The average molecular weight is 744 g/mol. The molecule has 0 aliphatic heterocycles. The summed E-state index contributed by atoms with van der Waals surface area (Å²) >= 11 is 15.2. The molecule has 0 fully saturated rings. The molecule has 248 valence electrons. The first-order valence-corrected chi connectivity index (χ1v) is 18.1. The Morgan fingerprint density at radius 3 is 1.33 bits per heavy atom. The van der Waals surface area contributed by atoms with Crippen LogP contribution in [0.4, 0.5) is 11.4 Å². The molecule has 0 aliphatic carbocycles. The fourth-order valence-corrected chi connectivity index (χ4v) is 7.64. The molecule has 0 atom stereocenters. The van der Waals surface area contributed by atoms with Crippen molar-refractivity contribution in [3.63, 3.8) is 0 Å². The number of halogens is 2. The number of carbonyl (C=O) groups is 2. The molecule has 4 heterocycles. The van der Waals surface area contributed by atoms with E-state index < -0.39 is 0 Å². The Morgan fingerprint density at radius 2 is 0.941 bits per heavy atom. The Labute approximate surface area is 310 Å². The molecule has 4 aromatic carbocycles. The Hall–Kier alpha value is -5.58. The molecule has 51 heavy (non-hydrogen) atoms. The van der Waals surface area contributed by atoms with E-state index in [-0.39, 0.29) is 11.8 Å². The van der Waals surface area contributed by atoms with Crippen molar-refractivity contribution in [3.8, 4) is 32.6 Å². The summed E-state index contributed by atoms with van der Waals surface area (Å²) in [5, 5.41) is 7.50. The lowest BCUT2D eigenvalue weighted by atomic mass is 10.1. The number of benzene rings is 4. The van der Waals surface area contributed by atoms with Gasteiger partial charge >= 0.3 is 0 Å². The van der Waals surface area contributed by atoms with Crippen LogP contribution in [0.15, 0.2) is 133 Å². The third-order valence-electron chi connectivity index (χ3n) is 8.03. The van der Waals surface area contributed by atoms with Crippen LogP contribution in [0.1, 0.15) is 20.7 Å². The lowest BCUT2D eigenvalue weighted by molar-refractivity contribution is 0.102. The van der Waals surface area contributed by atoms with Gasteiger partial charge in [0.2, 0.25) is 0 Å². The van der Waals surface area contributed by atoms with Gasteiger partial charge in [-0.05, 0) is 97.1 Å². The fourth-order valence-electron chi connectivity index (χ4n) is 5.63. The van der Waals surface area contributed by atoms with Gasteiger partial charge in [0.25, 0.3) is 11.8 Å². The van der Waals surface area contributed by atoms with Crippen molar-refractivity contribution in [2.75, 3.05) is 10.6 Å². The van der Waals surface area contributed by atoms with Gasteiger partial charge in [-0.15, -0.1) is 22.7 Å². The van der Waals surface area contributed by atoms with Gasteiger partial charge in [0.05, 0.1) is 52.0 Å². The Bertz CT molecular complexity index is 2410. The van der Waals surface area contributed by atoms with Crippen LogP contribution < -0.4 is 15.4 Å². The second-order valence-corrected chi connectivity index (χ2v) is 14.8. The topological polar surface area (TPSA) is 93.2 Å². The van der Waals surface area contributed by atoms with Crippen LogP contribution in [0.3, 0.4) is 0 Å². The van der Waals surface area contributed by atoms with E-state index in [1.54, 1.807) is 60.7 Å². The number of ether oxygens (including phenoxy) is 1. The standard InChI is InChI=1S/C40H24Cl2N4O3S2/c41-37-19-17-35(50-37)33-21-29(27-5-1-3-7-31(27)45-33)39(47)43-23-9-13-25(14-10-23)49-26-15-11-24(12-16-26)44-40(48)30-22-34(36-18-20-38(42)51-36)46-32-8-4-2-6-28(30)32/h1-22H,(H,43,47)(H,44,48). The maximum absolute atomic E-state index is 13.5. The highest BCUT2D eigenvalue weighted by atomic mass is 35.5. The highest BCUT2D eigenvalue weighted by molar-refractivity contribution is 7.19. The lowest BCUT2D eigenvalue weighted by Crippen LogP contribution is -2.13. The number of amides is 2. The number of carbonyl (C=O) groups excluding carboxylic acids is 2. The highest BCUT2D eigenvalue weighted by Gasteiger charge is 2.17. The van der Waals surface area contributed by atoms with Gasteiger partial charge in [-0.25, -0.2) is 9.97 Å². The third kappa shape index (κ3) is 7.06. The van der Waals surface area contributed by atoms with Crippen molar-refractivity contribution >= 4 is 90.9 Å². The van der Waals surface area contributed by atoms with Crippen LogP contribution in [0.25, 0.3) is 42.9 Å². The SMILES string of the molecule is O=C(Nc1ccc(Oc2ccc(NC(=O)c3cc(-c4ccc(Cl)s4)nc4ccccc34)cc2)cc1)c1cc(-c2ccc(Cl)s2)nc2ccccc12. The molecule has 11 heteroatoms. The molecule has 0 aliphatic rings. The first-order chi connectivity index (χ1) is 24.9. The number of fused-ring (bicyclic) bond motifs is 2. The van der Waals surface area contributed by atoms with Gasteiger partial charge in [0.15, 0.2) is 0 Å². The molecule has 8 aromatic rings. The number of aromatic nitrogens is 2. The maximum atomic E-state index is 13.5. The van der Waals surface area contributed by atoms with Crippen LogP contribution in [-0.4, -0.2) is 21.8 Å². The van der Waals surface area contributed by atoms with Gasteiger partial charge in [-0.2, -0.15) is 0 Å². The second-order valence-electron chi connectivity index (χ2n) is 11.4. The van der Waals surface area contributed by atoms with E-state index in [4.69, 9.17) is 37.9 Å². The molecule has 0 radical (unpaired) electrons. The molecule has 8 rings (SSSR count). The van der Waals surface area contributed by atoms with Crippen molar-refractivity contribution in [1.29, 1.82) is 0 Å². The number of para-hydroxylation sites is 2. The molecule has 0 spiro atoms. The molecule has 0 bridgehead atoms. The van der Waals surface area contributed by atoms with E-state index in [9.17, 15) is 9.59 Å². The van der Waals surface area contributed by atoms with Crippen LogP contribution in [0.5, 0.6) is 11.5 Å². The van der Waals surface area contributed by atoms with Crippen LogP contribution in [0.2, 0.25) is 8.67 Å². The largest absolute Gasteiger partial charge is 0.457 e. The molecule has 4 aromatic heterocycles. The maximum Gasteiger partial charge on any atom is 0.256 e. The summed E-state index contributed by atoms with van der Waals surface area (Å²) in [5.41, 5.74) is 5.06. The normalized spacial score (nSPS) is 11.1. The summed E-state index contributed by atoms with van der Waals surface area (Å²) in [6, 6.07) is 40.4. The zero-order valence-corrected chi connectivity index (χ0v) is 29.5. The van der Waals surface area contributed by atoms with E-state index in [1.165, 1.54) is 22.7 Å².